The summed E-state index contributed by atoms with van der Waals surface area (Å²) in [7, 11) is 1.72. The minimum Gasteiger partial charge on any atom is -0.497 e. The number of nitrogens with one attached hydrogen (secondary N) is 1. The molecule has 3 atom stereocenters. The smallest absolute Gasteiger partial charge is 0.118 e. The van der Waals surface area contributed by atoms with Crippen LogP contribution in [0.15, 0.2) is 24.3 Å². The van der Waals surface area contributed by atoms with E-state index < -0.39 is 0 Å². The molecule has 1 N–H and O–H groups in total. The summed E-state index contributed by atoms with van der Waals surface area (Å²) in [6.07, 6.45) is 4.02. The van der Waals surface area contributed by atoms with E-state index in [0.29, 0.717) is 18.1 Å². The van der Waals surface area contributed by atoms with Gasteiger partial charge in [0.25, 0.3) is 0 Å². The van der Waals surface area contributed by atoms with Crippen molar-refractivity contribution in [3.05, 3.63) is 29.8 Å². The molecule has 0 amide bonds. The van der Waals surface area contributed by atoms with Gasteiger partial charge in [0, 0.05) is 24.7 Å². The Balaban J connectivity index is 2.10. The maximum atomic E-state index is 5.26. The molecular formula is C18H30N2O. The zero-order valence-electron chi connectivity index (χ0n) is 13.9. The number of hydrogen-bond acceptors (Lipinski definition) is 3. The number of likely N-dealkylation sites (tertiary alicyclic amines) is 1. The van der Waals surface area contributed by atoms with Crippen LogP contribution in [0.2, 0.25) is 0 Å². The molecule has 0 aliphatic carbocycles. The molecule has 1 aliphatic heterocycles. The van der Waals surface area contributed by atoms with Gasteiger partial charge in [-0.2, -0.15) is 0 Å². The largest absolute Gasteiger partial charge is 0.497 e. The van der Waals surface area contributed by atoms with Gasteiger partial charge >= 0.3 is 0 Å². The summed E-state index contributed by atoms with van der Waals surface area (Å²) in [6, 6.07) is 10.3. The summed E-state index contributed by atoms with van der Waals surface area (Å²) in [5.74, 6) is 0.925. The Bertz CT molecular complexity index is 408. The Morgan fingerprint density at radius 3 is 2.33 bits per heavy atom. The van der Waals surface area contributed by atoms with E-state index in [2.05, 4.69) is 55.3 Å². The Morgan fingerprint density at radius 1 is 1.19 bits per heavy atom. The number of methoxy groups -OCH3 is 1. The molecule has 1 heterocycles. The van der Waals surface area contributed by atoms with Crippen LogP contribution in [0.3, 0.4) is 0 Å². The highest BCUT2D eigenvalue weighted by Crippen LogP contribution is 2.26. The number of piperidine rings is 1. The van der Waals surface area contributed by atoms with Crippen molar-refractivity contribution in [2.24, 2.45) is 0 Å². The third kappa shape index (κ3) is 4.21. The van der Waals surface area contributed by atoms with Crippen LogP contribution in [0.4, 0.5) is 0 Å². The average molecular weight is 290 g/mol. The van der Waals surface area contributed by atoms with Crippen LogP contribution in [0.25, 0.3) is 0 Å². The Kier molecular flexibility index (Phi) is 6.07. The minimum absolute atomic E-state index is 0.393. The second-order valence-corrected chi connectivity index (χ2v) is 6.21. The number of nitrogens with zero attached hydrogens (tertiary/aromatic N) is 1. The first-order chi connectivity index (χ1) is 10.2. The zero-order chi connectivity index (χ0) is 15.2. The topological polar surface area (TPSA) is 24.5 Å². The molecule has 1 aliphatic rings. The fourth-order valence-corrected chi connectivity index (χ4v) is 3.42. The van der Waals surface area contributed by atoms with E-state index in [4.69, 9.17) is 4.74 Å². The average Bonchev–Trinajstić information content (AvgIpc) is 2.50. The van der Waals surface area contributed by atoms with Gasteiger partial charge < -0.3 is 10.1 Å². The molecule has 0 bridgehead atoms. The van der Waals surface area contributed by atoms with Crippen molar-refractivity contribution in [3.63, 3.8) is 0 Å². The second kappa shape index (κ2) is 7.81. The monoisotopic (exact) mass is 290 g/mol. The van der Waals surface area contributed by atoms with Crippen molar-refractivity contribution in [1.82, 2.24) is 10.2 Å². The summed E-state index contributed by atoms with van der Waals surface area (Å²) >= 11 is 0. The van der Waals surface area contributed by atoms with E-state index in [1.54, 1.807) is 7.11 Å². The molecule has 3 nitrogen and oxygen atoms in total. The van der Waals surface area contributed by atoms with Crippen LogP contribution in [0.1, 0.15) is 51.6 Å². The van der Waals surface area contributed by atoms with E-state index in [1.807, 2.05) is 0 Å². The molecular weight excluding hydrogens is 260 g/mol. The molecule has 0 saturated carbocycles. The standard InChI is InChI=1S/C18H30N2O/c1-5-19-18(16-9-11-17(21-4)12-10-16)13-20-14(2)7-6-8-15(20)3/h9-12,14-15,18-19H,5-8,13H2,1-4H3. The summed E-state index contributed by atoms with van der Waals surface area (Å²) in [5.41, 5.74) is 1.35. The summed E-state index contributed by atoms with van der Waals surface area (Å²) in [5, 5.41) is 3.64. The van der Waals surface area contributed by atoms with E-state index in [-0.39, 0.29) is 0 Å². The molecule has 1 saturated heterocycles. The van der Waals surface area contributed by atoms with Crippen molar-refractivity contribution in [2.75, 3.05) is 20.2 Å². The van der Waals surface area contributed by atoms with Gasteiger partial charge in [0.1, 0.15) is 5.75 Å². The van der Waals surface area contributed by atoms with Crippen LogP contribution in [-0.4, -0.2) is 37.2 Å². The minimum atomic E-state index is 0.393. The molecule has 0 aromatic heterocycles. The molecule has 1 fully saturated rings. The van der Waals surface area contributed by atoms with Gasteiger partial charge in [-0.1, -0.05) is 25.5 Å². The highest BCUT2D eigenvalue weighted by Gasteiger charge is 2.27. The van der Waals surface area contributed by atoms with Crippen molar-refractivity contribution in [2.45, 2.75) is 58.2 Å². The van der Waals surface area contributed by atoms with Gasteiger partial charge in [-0.05, 0) is 50.9 Å². The number of benzene rings is 1. The summed E-state index contributed by atoms with van der Waals surface area (Å²) in [6.45, 7) is 8.99. The molecule has 0 spiro atoms. The highest BCUT2D eigenvalue weighted by atomic mass is 16.5. The molecule has 1 aromatic carbocycles. The summed E-state index contributed by atoms with van der Waals surface area (Å²) < 4.78 is 5.26. The number of ether oxygens (including phenoxy) is 1. The van der Waals surface area contributed by atoms with Crippen molar-refractivity contribution in [3.8, 4) is 5.75 Å². The molecule has 118 valence electrons. The lowest BCUT2D eigenvalue weighted by atomic mass is 9.95. The van der Waals surface area contributed by atoms with Gasteiger partial charge in [0.05, 0.1) is 7.11 Å². The lowest BCUT2D eigenvalue weighted by Gasteiger charge is -2.41. The van der Waals surface area contributed by atoms with Crippen LogP contribution < -0.4 is 10.1 Å². The van der Waals surface area contributed by atoms with Crippen molar-refractivity contribution < 1.29 is 4.74 Å². The van der Waals surface area contributed by atoms with Gasteiger partial charge in [-0.15, -0.1) is 0 Å². The first-order valence-corrected chi connectivity index (χ1v) is 8.28. The summed E-state index contributed by atoms with van der Waals surface area (Å²) in [4.78, 5) is 2.67. The third-order valence-electron chi connectivity index (χ3n) is 4.74. The maximum Gasteiger partial charge on any atom is 0.118 e. The van der Waals surface area contributed by atoms with Gasteiger partial charge in [-0.3, -0.25) is 4.90 Å². The van der Waals surface area contributed by atoms with Crippen LogP contribution in [0, 0.1) is 0 Å². The van der Waals surface area contributed by atoms with E-state index in [9.17, 15) is 0 Å². The van der Waals surface area contributed by atoms with Crippen LogP contribution in [0.5, 0.6) is 5.75 Å². The molecule has 3 heteroatoms. The predicted molar refractivity (Wildman–Crippen MR) is 88.9 cm³/mol. The van der Waals surface area contributed by atoms with Gasteiger partial charge in [-0.25, -0.2) is 0 Å². The van der Waals surface area contributed by atoms with E-state index in [1.165, 1.54) is 24.8 Å². The van der Waals surface area contributed by atoms with E-state index >= 15 is 0 Å². The fraction of sp³-hybridized carbons (Fsp3) is 0.667. The lowest BCUT2D eigenvalue weighted by Crippen LogP contribution is -2.47. The van der Waals surface area contributed by atoms with Crippen LogP contribution >= 0.6 is 0 Å². The molecule has 1 aromatic rings. The first kappa shape index (κ1) is 16.3. The molecule has 2 rings (SSSR count). The molecule has 21 heavy (non-hydrogen) atoms. The quantitative estimate of drug-likeness (QED) is 0.866. The third-order valence-corrected chi connectivity index (χ3v) is 4.74. The SMILES string of the molecule is CCNC(CN1C(C)CCCC1C)c1ccc(OC)cc1. The Morgan fingerprint density at radius 2 is 1.81 bits per heavy atom. The zero-order valence-corrected chi connectivity index (χ0v) is 13.9. The molecule has 3 unspecified atom stereocenters. The number of rotatable bonds is 6. The van der Waals surface area contributed by atoms with Crippen molar-refractivity contribution >= 4 is 0 Å². The second-order valence-electron chi connectivity index (χ2n) is 6.21. The first-order valence-electron chi connectivity index (χ1n) is 8.28. The number of likely N-dealkylation sites (N-methyl/N-ethyl adjacent to an activating group) is 1. The highest BCUT2D eigenvalue weighted by molar-refractivity contribution is 5.29. The lowest BCUT2D eigenvalue weighted by molar-refractivity contribution is 0.0911. The van der Waals surface area contributed by atoms with E-state index in [0.717, 1.165) is 18.8 Å². The van der Waals surface area contributed by atoms with Gasteiger partial charge in [0.15, 0.2) is 0 Å². The van der Waals surface area contributed by atoms with Crippen molar-refractivity contribution in [1.29, 1.82) is 0 Å². The fourth-order valence-electron chi connectivity index (χ4n) is 3.42. The maximum absolute atomic E-state index is 5.26. The van der Waals surface area contributed by atoms with Crippen LogP contribution in [-0.2, 0) is 0 Å². The molecule has 0 radical (unpaired) electrons. The number of hydrogen-bond donors (Lipinski definition) is 1. The van der Waals surface area contributed by atoms with Gasteiger partial charge in [0.2, 0.25) is 0 Å². The predicted octanol–water partition coefficient (Wildman–Crippen LogP) is 3.61. The normalized spacial score (nSPS) is 24.8. The Hall–Kier alpha value is -1.06. The Labute approximate surface area is 129 Å².